The van der Waals surface area contributed by atoms with E-state index < -0.39 is 0 Å². The second kappa shape index (κ2) is 23.4. The third-order valence-electron chi connectivity index (χ3n) is 3.95. The Bertz CT molecular complexity index is 350. The van der Waals surface area contributed by atoms with Crippen molar-refractivity contribution >= 4 is 11.9 Å². The van der Waals surface area contributed by atoms with Crippen LogP contribution < -0.4 is 0 Å². The highest BCUT2D eigenvalue weighted by molar-refractivity contribution is 5.69. The third-order valence-corrected chi connectivity index (χ3v) is 3.95. The first-order chi connectivity index (χ1) is 12.6. The van der Waals surface area contributed by atoms with Gasteiger partial charge in [-0.3, -0.25) is 9.59 Å². The van der Waals surface area contributed by atoms with Crippen molar-refractivity contribution in [3.05, 3.63) is 25.7 Å². The minimum absolute atomic E-state index is 0.150. The average Bonchev–Trinajstić information content (AvgIpc) is 2.59. The molecule has 152 valence electrons. The molecule has 0 unspecified atom stereocenters. The van der Waals surface area contributed by atoms with E-state index in [-0.39, 0.29) is 11.9 Å². The van der Waals surface area contributed by atoms with Crippen molar-refractivity contribution in [3.8, 4) is 0 Å². The van der Waals surface area contributed by atoms with Crippen LogP contribution >= 0.6 is 0 Å². The first kappa shape index (κ1) is 26.6. The lowest BCUT2D eigenvalue weighted by molar-refractivity contribution is -0.138. The molecule has 4 nitrogen and oxygen atoms in total. The Morgan fingerprint density at radius 3 is 1.38 bits per heavy atom. The van der Waals surface area contributed by atoms with Crippen LogP contribution in [-0.4, -0.2) is 11.9 Å². The maximum Gasteiger partial charge on any atom is 0.310 e. The summed E-state index contributed by atoms with van der Waals surface area (Å²) in [5.41, 5.74) is 0. The van der Waals surface area contributed by atoms with E-state index in [0.717, 1.165) is 19.1 Å². The highest BCUT2D eigenvalue weighted by atomic mass is 16.5. The van der Waals surface area contributed by atoms with Crippen molar-refractivity contribution < 1.29 is 19.1 Å². The largest absolute Gasteiger partial charge is 0.435 e. The van der Waals surface area contributed by atoms with Crippen LogP contribution in [-0.2, 0) is 19.1 Å². The van der Waals surface area contributed by atoms with Crippen LogP contribution in [0.5, 0.6) is 0 Å². The van der Waals surface area contributed by atoms with Gasteiger partial charge in [-0.15, -0.1) is 0 Å². The Kier molecular flexibility index (Phi) is 24.0. The lowest BCUT2D eigenvalue weighted by atomic mass is 10.0. The zero-order valence-electron chi connectivity index (χ0n) is 17.1. The highest BCUT2D eigenvalue weighted by Gasteiger charge is 2.00. The number of esters is 2. The SMILES string of the molecule is C=COC(=O)CCCCCCCCCCCCCCC.C=COC(C)=O. The lowest BCUT2D eigenvalue weighted by Gasteiger charge is -2.03. The molecule has 0 N–H and O–H groups in total. The van der Waals surface area contributed by atoms with Crippen molar-refractivity contribution in [1.29, 1.82) is 0 Å². The molecule has 0 amide bonds. The molecule has 26 heavy (non-hydrogen) atoms. The standard InChI is InChI=1S/C18H34O2.C4H6O2/c1-3-5-6-7-8-9-10-11-12-13-14-15-16-17-18(19)20-4-2;1-3-6-4(2)5/h4H,2-3,5-17H2,1H3;3H,1H2,2H3. The second-order valence-electron chi connectivity index (χ2n) is 6.43. The molecule has 0 saturated heterocycles. The Labute approximate surface area is 161 Å². The average molecular weight is 369 g/mol. The monoisotopic (exact) mass is 368 g/mol. The molecule has 0 aliphatic heterocycles. The molecule has 0 radical (unpaired) electrons. The van der Waals surface area contributed by atoms with Crippen LogP contribution in [0, 0.1) is 0 Å². The number of carbonyl (C=O) groups is 2. The van der Waals surface area contributed by atoms with Crippen LogP contribution in [0.25, 0.3) is 0 Å². The minimum atomic E-state index is -0.329. The van der Waals surface area contributed by atoms with E-state index in [1.807, 2.05) is 0 Å². The highest BCUT2D eigenvalue weighted by Crippen LogP contribution is 2.13. The van der Waals surface area contributed by atoms with Crippen LogP contribution in [0.1, 0.15) is 104 Å². The zero-order chi connectivity index (χ0) is 19.9. The molecule has 0 rings (SSSR count). The maximum atomic E-state index is 11.1. The van der Waals surface area contributed by atoms with Gasteiger partial charge in [-0.25, -0.2) is 0 Å². The van der Waals surface area contributed by atoms with Gasteiger partial charge in [0.05, 0.1) is 12.5 Å². The Morgan fingerprint density at radius 1 is 0.692 bits per heavy atom. The Morgan fingerprint density at radius 2 is 1.08 bits per heavy atom. The van der Waals surface area contributed by atoms with Gasteiger partial charge in [-0.05, 0) is 6.42 Å². The molecule has 0 atom stereocenters. The van der Waals surface area contributed by atoms with E-state index in [2.05, 4.69) is 29.6 Å². The predicted octanol–water partition coefficient (Wildman–Crippen LogP) is 6.85. The topological polar surface area (TPSA) is 52.6 Å². The molecule has 4 heteroatoms. The van der Waals surface area contributed by atoms with E-state index >= 15 is 0 Å². The number of hydrogen-bond acceptors (Lipinski definition) is 4. The van der Waals surface area contributed by atoms with Gasteiger partial charge in [0.2, 0.25) is 0 Å². The van der Waals surface area contributed by atoms with Gasteiger partial charge in [0.25, 0.3) is 0 Å². The first-order valence-electron chi connectivity index (χ1n) is 10.2. The van der Waals surface area contributed by atoms with Gasteiger partial charge in [0, 0.05) is 13.3 Å². The molecule has 0 saturated carbocycles. The minimum Gasteiger partial charge on any atom is -0.435 e. The maximum absolute atomic E-state index is 11.1. The van der Waals surface area contributed by atoms with Gasteiger partial charge in [-0.2, -0.15) is 0 Å². The van der Waals surface area contributed by atoms with E-state index in [1.165, 1.54) is 83.8 Å². The molecule has 0 fully saturated rings. The quantitative estimate of drug-likeness (QED) is 0.170. The van der Waals surface area contributed by atoms with Gasteiger partial charge >= 0.3 is 11.9 Å². The van der Waals surface area contributed by atoms with Gasteiger partial charge in [-0.1, -0.05) is 97.1 Å². The van der Waals surface area contributed by atoms with Crippen LogP contribution in [0.4, 0.5) is 0 Å². The summed E-state index contributed by atoms with van der Waals surface area (Å²) >= 11 is 0. The van der Waals surface area contributed by atoms with E-state index in [0.29, 0.717) is 6.42 Å². The van der Waals surface area contributed by atoms with Crippen LogP contribution in [0.2, 0.25) is 0 Å². The summed E-state index contributed by atoms with van der Waals surface area (Å²) in [5, 5.41) is 0. The summed E-state index contributed by atoms with van der Waals surface area (Å²) in [6.07, 6.45) is 20.1. The fourth-order valence-corrected chi connectivity index (χ4v) is 2.56. The summed E-state index contributed by atoms with van der Waals surface area (Å²) in [5.74, 6) is -0.479. The number of ether oxygens (including phenoxy) is 2. The summed E-state index contributed by atoms with van der Waals surface area (Å²) in [6, 6.07) is 0. The molecule has 0 aromatic heterocycles. The van der Waals surface area contributed by atoms with Gasteiger partial charge in [0.15, 0.2) is 0 Å². The molecule has 0 heterocycles. The third kappa shape index (κ3) is 27.3. The number of unbranched alkanes of at least 4 members (excludes halogenated alkanes) is 12. The summed E-state index contributed by atoms with van der Waals surface area (Å²) in [4.78, 5) is 20.8. The van der Waals surface area contributed by atoms with Crippen molar-refractivity contribution in [1.82, 2.24) is 0 Å². The van der Waals surface area contributed by atoms with E-state index in [4.69, 9.17) is 0 Å². The molecule has 0 aliphatic rings. The molecular formula is C22H40O4. The first-order valence-corrected chi connectivity index (χ1v) is 10.2. The van der Waals surface area contributed by atoms with Crippen molar-refractivity contribution in [2.24, 2.45) is 0 Å². The van der Waals surface area contributed by atoms with Crippen molar-refractivity contribution in [3.63, 3.8) is 0 Å². The predicted molar refractivity (Wildman–Crippen MR) is 109 cm³/mol. The number of rotatable bonds is 16. The Balaban J connectivity index is 0. The fourth-order valence-electron chi connectivity index (χ4n) is 2.56. The molecule has 0 spiro atoms. The smallest absolute Gasteiger partial charge is 0.310 e. The normalized spacial score (nSPS) is 9.62. The Hall–Kier alpha value is -1.58. The second-order valence-corrected chi connectivity index (χ2v) is 6.43. The number of carbonyl (C=O) groups excluding carboxylic acids is 2. The van der Waals surface area contributed by atoms with E-state index in [1.54, 1.807) is 0 Å². The van der Waals surface area contributed by atoms with Crippen LogP contribution in [0.15, 0.2) is 25.7 Å². The number of hydrogen-bond donors (Lipinski definition) is 0. The molecule has 0 aliphatic carbocycles. The van der Waals surface area contributed by atoms with Crippen LogP contribution in [0.3, 0.4) is 0 Å². The summed E-state index contributed by atoms with van der Waals surface area (Å²) in [7, 11) is 0. The molecule has 0 aromatic rings. The van der Waals surface area contributed by atoms with E-state index in [9.17, 15) is 9.59 Å². The zero-order valence-corrected chi connectivity index (χ0v) is 17.1. The van der Waals surface area contributed by atoms with Gasteiger partial charge < -0.3 is 9.47 Å². The lowest BCUT2D eigenvalue weighted by Crippen LogP contribution is -1.98. The summed E-state index contributed by atoms with van der Waals surface area (Å²) < 4.78 is 8.84. The van der Waals surface area contributed by atoms with Crippen molar-refractivity contribution in [2.45, 2.75) is 104 Å². The molecular weight excluding hydrogens is 328 g/mol. The molecule has 0 aromatic carbocycles. The van der Waals surface area contributed by atoms with Crippen molar-refractivity contribution in [2.75, 3.05) is 0 Å². The van der Waals surface area contributed by atoms with Gasteiger partial charge in [0.1, 0.15) is 0 Å². The molecule has 0 bridgehead atoms. The summed E-state index contributed by atoms with van der Waals surface area (Å²) in [6.45, 7) is 10.1. The fraction of sp³-hybridized carbons (Fsp3) is 0.727.